The third kappa shape index (κ3) is 3.57. The normalized spacial score (nSPS) is 10.4. The van der Waals surface area contributed by atoms with Crippen molar-refractivity contribution < 1.29 is 9.53 Å². The van der Waals surface area contributed by atoms with Crippen molar-refractivity contribution in [2.45, 2.75) is 13.5 Å². The molecule has 0 saturated carbocycles. The Labute approximate surface area is 139 Å². The summed E-state index contributed by atoms with van der Waals surface area (Å²) in [6.07, 6.45) is 0. The molecule has 7 heteroatoms. The molecule has 1 amide bonds. The summed E-state index contributed by atoms with van der Waals surface area (Å²) >= 11 is 0. The highest BCUT2D eigenvalue weighted by molar-refractivity contribution is 5.92. The number of aromatic nitrogens is 4. The van der Waals surface area contributed by atoms with Crippen LogP contribution in [0.5, 0.6) is 5.75 Å². The Kier molecular flexibility index (Phi) is 4.81. The molecule has 0 bridgehead atoms. The van der Waals surface area contributed by atoms with Gasteiger partial charge in [-0.05, 0) is 29.5 Å². The number of tetrazole rings is 1. The number of amides is 1. The first-order valence-corrected chi connectivity index (χ1v) is 7.61. The van der Waals surface area contributed by atoms with E-state index in [0.29, 0.717) is 23.9 Å². The van der Waals surface area contributed by atoms with Crippen LogP contribution in [0.2, 0.25) is 0 Å². The van der Waals surface area contributed by atoms with Crippen LogP contribution in [0, 0.1) is 0 Å². The highest BCUT2D eigenvalue weighted by Crippen LogP contribution is 2.23. The highest BCUT2D eigenvalue weighted by atomic mass is 16.5. The molecule has 0 radical (unpaired) electrons. The van der Waals surface area contributed by atoms with Gasteiger partial charge in [0.25, 0.3) is 0 Å². The summed E-state index contributed by atoms with van der Waals surface area (Å²) in [7, 11) is 0. The van der Waals surface area contributed by atoms with E-state index in [0.717, 1.165) is 5.56 Å². The molecule has 7 nitrogen and oxygen atoms in total. The molecule has 1 aromatic heterocycles. The Balaban J connectivity index is 1.74. The van der Waals surface area contributed by atoms with Gasteiger partial charge in [-0.15, -0.1) is 5.10 Å². The molecule has 2 aromatic carbocycles. The molecule has 24 heavy (non-hydrogen) atoms. The first kappa shape index (κ1) is 15.7. The summed E-state index contributed by atoms with van der Waals surface area (Å²) in [5, 5.41) is 14.4. The van der Waals surface area contributed by atoms with E-state index in [9.17, 15) is 4.79 Å². The summed E-state index contributed by atoms with van der Waals surface area (Å²) in [4.78, 5) is 12.3. The predicted octanol–water partition coefficient (Wildman–Crippen LogP) is 2.38. The van der Waals surface area contributed by atoms with Gasteiger partial charge < -0.3 is 10.1 Å². The van der Waals surface area contributed by atoms with Gasteiger partial charge >= 0.3 is 0 Å². The average Bonchev–Trinajstić information content (AvgIpc) is 3.05. The molecule has 0 aliphatic rings. The van der Waals surface area contributed by atoms with E-state index in [1.807, 2.05) is 55.5 Å². The summed E-state index contributed by atoms with van der Waals surface area (Å²) in [5.41, 5.74) is 1.48. The maximum Gasteiger partial charge on any atom is 0.246 e. The van der Waals surface area contributed by atoms with Crippen molar-refractivity contribution in [1.82, 2.24) is 20.2 Å². The van der Waals surface area contributed by atoms with Crippen molar-refractivity contribution >= 4 is 11.6 Å². The number of carbonyl (C=O) groups excluding carboxylic acids is 1. The Morgan fingerprint density at radius 3 is 2.67 bits per heavy atom. The van der Waals surface area contributed by atoms with Crippen LogP contribution in [0.15, 0.2) is 54.6 Å². The number of para-hydroxylation sites is 2. The first-order valence-electron chi connectivity index (χ1n) is 7.61. The lowest BCUT2D eigenvalue weighted by Gasteiger charge is -2.11. The van der Waals surface area contributed by atoms with Gasteiger partial charge in [0, 0.05) is 5.56 Å². The van der Waals surface area contributed by atoms with Gasteiger partial charge in [0.2, 0.25) is 5.91 Å². The topological polar surface area (TPSA) is 81.9 Å². The third-order valence-electron chi connectivity index (χ3n) is 3.32. The van der Waals surface area contributed by atoms with Crippen molar-refractivity contribution in [1.29, 1.82) is 0 Å². The van der Waals surface area contributed by atoms with Gasteiger partial charge in [0.15, 0.2) is 5.82 Å². The van der Waals surface area contributed by atoms with Crippen LogP contribution in [0.4, 0.5) is 5.69 Å². The summed E-state index contributed by atoms with van der Waals surface area (Å²) < 4.78 is 6.97. The van der Waals surface area contributed by atoms with E-state index >= 15 is 0 Å². The summed E-state index contributed by atoms with van der Waals surface area (Å²) in [6, 6.07) is 16.8. The van der Waals surface area contributed by atoms with Crippen molar-refractivity contribution in [3.05, 3.63) is 54.6 Å². The first-order chi connectivity index (χ1) is 11.8. The molecule has 0 atom stereocenters. The molecule has 1 N–H and O–H groups in total. The molecule has 0 spiro atoms. The molecule has 0 fully saturated rings. The Bertz CT molecular complexity index is 817. The fourth-order valence-electron chi connectivity index (χ4n) is 2.28. The third-order valence-corrected chi connectivity index (χ3v) is 3.32. The van der Waals surface area contributed by atoms with Crippen LogP contribution in [0.25, 0.3) is 11.4 Å². The number of hydrogen-bond acceptors (Lipinski definition) is 5. The minimum Gasteiger partial charge on any atom is -0.492 e. The zero-order valence-electron chi connectivity index (χ0n) is 13.2. The molecule has 0 aliphatic carbocycles. The molecule has 3 aromatic rings. The second-order valence-electron chi connectivity index (χ2n) is 5.00. The van der Waals surface area contributed by atoms with E-state index in [4.69, 9.17) is 4.74 Å². The number of benzene rings is 2. The molecule has 0 unspecified atom stereocenters. The smallest absolute Gasteiger partial charge is 0.246 e. The van der Waals surface area contributed by atoms with Crippen molar-refractivity contribution in [3.63, 3.8) is 0 Å². The van der Waals surface area contributed by atoms with Crippen molar-refractivity contribution in [3.8, 4) is 17.1 Å². The molecular formula is C17H17N5O2. The molecular weight excluding hydrogens is 306 g/mol. The van der Waals surface area contributed by atoms with Gasteiger partial charge in [-0.3, -0.25) is 4.79 Å². The summed E-state index contributed by atoms with van der Waals surface area (Å²) in [6.45, 7) is 2.43. The fraction of sp³-hybridized carbons (Fsp3) is 0.176. The Hall–Kier alpha value is -3.22. The van der Waals surface area contributed by atoms with Crippen LogP contribution in [-0.2, 0) is 11.3 Å². The van der Waals surface area contributed by atoms with Gasteiger partial charge in [0.1, 0.15) is 12.3 Å². The molecule has 1 heterocycles. The largest absolute Gasteiger partial charge is 0.492 e. The van der Waals surface area contributed by atoms with Crippen molar-refractivity contribution in [2.75, 3.05) is 11.9 Å². The van der Waals surface area contributed by atoms with E-state index in [-0.39, 0.29) is 12.5 Å². The molecule has 3 rings (SSSR count). The lowest BCUT2D eigenvalue weighted by Crippen LogP contribution is -2.20. The molecule has 0 saturated heterocycles. The van der Waals surface area contributed by atoms with Crippen LogP contribution >= 0.6 is 0 Å². The van der Waals surface area contributed by atoms with Gasteiger partial charge in [-0.1, -0.05) is 42.5 Å². The van der Waals surface area contributed by atoms with Crippen LogP contribution in [0.1, 0.15) is 6.92 Å². The maximum absolute atomic E-state index is 12.3. The number of rotatable bonds is 6. The second-order valence-corrected chi connectivity index (χ2v) is 5.00. The van der Waals surface area contributed by atoms with E-state index in [2.05, 4.69) is 20.8 Å². The van der Waals surface area contributed by atoms with Crippen LogP contribution in [-0.4, -0.2) is 32.7 Å². The number of carbonyl (C=O) groups is 1. The zero-order valence-corrected chi connectivity index (χ0v) is 13.2. The van der Waals surface area contributed by atoms with Crippen molar-refractivity contribution in [2.24, 2.45) is 0 Å². The number of anilines is 1. The number of hydrogen-bond donors (Lipinski definition) is 1. The summed E-state index contributed by atoms with van der Waals surface area (Å²) in [5.74, 6) is 0.948. The van der Waals surface area contributed by atoms with Gasteiger partial charge in [-0.25, -0.2) is 4.68 Å². The standard InChI is InChI=1S/C17H17N5O2/c1-2-24-15-11-7-6-10-14(15)18-16(23)12-22-17(19-20-21-22)13-8-4-3-5-9-13/h3-11H,2,12H2,1H3,(H,18,23). The predicted molar refractivity (Wildman–Crippen MR) is 89.5 cm³/mol. The van der Waals surface area contributed by atoms with E-state index < -0.39 is 0 Å². The Morgan fingerprint density at radius 1 is 1.12 bits per heavy atom. The fourth-order valence-corrected chi connectivity index (χ4v) is 2.28. The SMILES string of the molecule is CCOc1ccccc1NC(=O)Cn1nnnc1-c1ccccc1. The lowest BCUT2D eigenvalue weighted by molar-refractivity contribution is -0.116. The maximum atomic E-state index is 12.3. The average molecular weight is 323 g/mol. The minimum atomic E-state index is -0.230. The van der Waals surface area contributed by atoms with Gasteiger partial charge in [0.05, 0.1) is 12.3 Å². The van der Waals surface area contributed by atoms with E-state index in [1.54, 1.807) is 6.07 Å². The number of nitrogens with zero attached hydrogens (tertiary/aromatic N) is 4. The van der Waals surface area contributed by atoms with Crippen LogP contribution in [0.3, 0.4) is 0 Å². The highest BCUT2D eigenvalue weighted by Gasteiger charge is 2.13. The number of nitrogens with one attached hydrogen (secondary N) is 1. The lowest BCUT2D eigenvalue weighted by atomic mass is 10.2. The zero-order chi connectivity index (χ0) is 16.8. The quantitative estimate of drug-likeness (QED) is 0.753. The number of ether oxygens (including phenoxy) is 1. The molecule has 0 aliphatic heterocycles. The second kappa shape index (κ2) is 7.36. The van der Waals surface area contributed by atoms with Crippen LogP contribution < -0.4 is 10.1 Å². The molecule has 122 valence electrons. The van der Waals surface area contributed by atoms with Gasteiger partial charge in [-0.2, -0.15) is 0 Å². The Morgan fingerprint density at radius 2 is 1.88 bits per heavy atom. The minimum absolute atomic E-state index is 0.0116. The van der Waals surface area contributed by atoms with E-state index in [1.165, 1.54) is 4.68 Å². The monoisotopic (exact) mass is 323 g/mol.